The zero-order chi connectivity index (χ0) is 13.2. The van der Waals surface area contributed by atoms with Gasteiger partial charge in [0.25, 0.3) is 6.43 Å². The standard InChI is InChI=1S/C15H19F2NO/c16-15(17)14-4-2-1-3-10(14)9-19-13-7-11-5-6-12(8-13)18-11/h1-4,11-13,15,18H,5-9H2/t11-,12+,13?. The molecular weight excluding hydrogens is 248 g/mol. The third-order valence-electron chi connectivity index (χ3n) is 4.19. The van der Waals surface area contributed by atoms with E-state index in [9.17, 15) is 8.78 Å². The maximum absolute atomic E-state index is 12.9. The molecule has 0 aromatic heterocycles. The Morgan fingerprint density at radius 3 is 2.53 bits per heavy atom. The number of hydrogen-bond donors (Lipinski definition) is 1. The summed E-state index contributed by atoms with van der Waals surface area (Å²) in [4.78, 5) is 0. The van der Waals surface area contributed by atoms with Crippen LogP contribution in [0.2, 0.25) is 0 Å². The highest BCUT2D eigenvalue weighted by Gasteiger charge is 2.33. The van der Waals surface area contributed by atoms with Gasteiger partial charge in [-0.05, 0) is 31.2 Å². The van der Waals surface area contributed by atoms with Crippen LogP contribution in [-0.2, 0) is 11.3 Å². The molecule has 2 bridgehead atoms. The summed E-state index contributed by atoms with van der Waals surface area (Å²) in [6.07, 6.45) is 2.24. The zero-order valence-corrected chi connectivity index (χ0v) is 10.8. The molecule has 0 amide bonds. The first-order valence-electron chi connectivity index (χ1n) is 6.96. The molecule has 19 heavy (non-hydrogen) atoms. The van der Waals surface area contributed by atoms with E-state index in [1.165, 1.54) is 18.9 Å². The number of rotatable bonds is 4. The number of ether oxygens (including phenoxy) is 1. The van der Waals surface area contributed by atoms with Crippen molar-refractivity contribution in [3.05, 3.63) is 35.4 Å². The predicted molar refractivity (Wildman–Crippen MR) is 69.2 cm³/mol. The van der Waals surface area contributed by atoms with Gasteiger partial charge in [-0.1, -0.05) is 24.3 Å². The molecule has 2 saturated heterocycles. The number of hydrogen-bond acceptors (Lipinski definition) is 2. The van der Waals surface area contributed by atoms with Gasteiger partial charge in [-0.3, -0.25) is 0 Å². The molecule has 3 atom stereocenters. The predicted octanol–water partition coefficient (Wildman–Crippen LogP) is 3.42. The third kappa shape index (κ3) is 2.95. The fourth-order valence-electron chi connectivity index (χ4n) is 3.23. The van der Waals surface area contributed by atoms with Crippen LogP contribution in [0.25, 0.3) is 0 Å². The van der Waals surface area contributed by atoms with E-state index in [4.69, 9.17) is 4.74 Å². The van der Waals surface area contributed by atoms with Crippen molar-refractivity contribution in [1.29, 1.82) is 0 Å². The molecule has 104 valence electrons. The molecule has 0 radical (unpaired) electrons. The molecule has 2 aliphatic heterocycles. The maximum atomic E-state index is 12.9. The van der Waals surface area contributed by atoms with Crippen molar-refractivity contribution in [2.75, 3.05) is 0 Å². The van der Waals surface area contributed by atoms with Crippen LogP contribution in [0.5, 0.6) is 0 Å². The Morgan fingerprint density at radius 1 is 1.16 bits per heavy atom. The first kappa shape index (κ1) is 13.0. The van der Waals surface area contributed by atoms with Crippen LogP contribution < -0.4 is 5.32 Å². The maximum Gasteiger partial charge on any atom is 0.264 e. The van der Waals surface area contributed by atoms with Crippen molar-refractivity contribution in [3.63, 3.8) is 0 Å². The second-order valence-electron chi connectivity index (χ2n) is 5.54. The molecule has 0 saturated carbocycles. The van der Waals surface area contributed by atoms with E-state index in [1.54, 1.807) is 18.2 Å². The van der Waals surface area contributed by atoms with Crippen LogP contribution in [0, 0.1) is 0 Å². The molecule has 2 aliphatic rings. The number of halogens is 2. The van der Waals surface area contributed by atoms with Crippen LogP contribution in [0.4, 0.5) is 8.78 Å². The molecule has 1 unspecified atom stereocenters. The Bertz CT molecular complexity index is 426. The first-order valence-corrected chi connectivity index (χ1v) is 6.96. The molecule has 2 fully saturated rings. The van der Waals surface area contributed by atoms with Gasteiger partial charge >= 0.3 is 0 Å². The summed E-state index contributed by atoms with van der Waals surface area (Å²) < 4.78 is 31.6. The van der Waals surface area contributed by atoms with Crippen molar-refractivity contribution >= 4 is 0 Å². The summed E-state index contributed by atoms with van der Waals surface area (Å²) in [6.45, 7) is 0.296. The van der Waals surface area contributed by atoms with E-state index in [2.05, 4.69) is 5.32 Å². The molecule has 4 heteroatoms. The number of alkyl halides is 2. The minimum Gasteiger partial charge on any atom is -0.373 e. The molecule has 3 rings (SSSR count). The van der Waals surface area contributed by atoms with Gasteiger partial charge in [0.1, 0.15) is 0 Å². The lowest BCUT2D eigenvalue weighted by molar-refractivity contribution is 0.00761. The van der Waals surface area contributed by atoms with E-state index in [0.29, 0.717) is 24.3 Å². The van der Waals surface area contributed by atoms with Crippen molar-refractivity contribution in [2.24, 2.45) is 0 Å². The highest BCUT2D eigenvalue weighted by Crippen LogP contribution is 2.30. The third-order valence-corrected chi connectivity index (χ3v) is 4.19. The SMILES string of the molecule is FC(F)c1ccccc1COC1C[C@H]2CC[C@@H](C1)N2. The molecule has 1 aromatic carbocycles. The first-order chi connectivity index (χ1) is 9.22. The molecular formula is C15H19F2NO. The average Bonchev–Trinajstić information content (AvgIpc) is 2.76. The minimum atomic E-state index is -2.43. The van der Waals surface area contributed by atoms with Crippen molar-refractivity contribution in [3.8, 4) is 0 Å². The topological polar surface area (TPSA) is 21.3 Å². The van der Waals surface area contributed by atoms with Crippen LogP contribution >= 0.6 is 0 Å². The summed E-state index contributed by atoms with van der Waals surface area (Å²) in [6, 6.07) is 7.78. The van der Waals surface area contributed by atoms with E-state index in [1.807, 2.05) is 0 Å². The van der Waals surface area contributed by atoms with Crippen molar-refractivity contribution < 1.29 is 13.5 Å². The van der Waals surface area contributed by atoms with E-state index in [0.717, 1.165) is 12.8 Å². The Hall–Kier alpha value is -1.00. The number of benzene rings is 1. The second-order valence-corrected chi connectivity index (χ2v) is 5.54. The Kier molecular flexibility index (Phi) is 3.80. The lowest BCUT2D eigenvalue weighted by Gasteiger charge is -2.29. The smallest absolute Gasteiger partial charge is 0.264 e. The van der Waals surface area contributed by atoms with Crippen LogP contribution in [0.15, 0.2) is 24.3 Å². The number of nitrogens with one attached hydrogen (secondary N) is 1. The molecule has 0 spiro atoms. The number of piperidine rings is 1. The molecule has 2 heterocycles. The monoisotopic (exact) mass is 267 g/mol. The highest BCUT2D eigenvalue weighted by atomic mass is 19.3. The lowest BCUT2D eigenvalue weighted by Crippen LogP contribution is -2.41. The Morgan fingerprint density at radius 2 is 1.84 bits per heavy atom. The largest absolute Gasteiger partial charge is 0.373 e. The van der Waals surface area contributed by atoms with Gasteiger partial charge in [0.05, 0.1) is 12.7 Å². The van der Waals surface area contributed by atoms with Crippen LogP contribution in [0.3, 0.4) is 0 Å². The number of fused-ring (bicyclic) bond motifs is 2. The van der Waals surface area contributed by atoms with Gasteiger partial charge in [-0.25, -0.2) is 8.78 Å². The molecule has 0 aliphatic carbocycles. The summed E-state index contributed by atoms with van der Waals surface area (Å²) >= 11 is 0. The van der Waals surface area contributed by atoms with E-state index >= 15 is 0 Å². The summed E-state index contributed by atoms with van der Waals surface area (Å²) in [5, 5.41) is 3.55. The van der Waals surface area contributed by atoms with Gasteiger partial charge in [0.15, 0.2) is 0 Å². The Labute approximate surface area is 112 Å². The molecule has 1 aromatic rings. The lowest BCUT2D eigenvalue weighted by atomic mass is 10.0. The van der Waals surface area contributed by atoms with Crippen molar-refractivity contribution in [2.45, 2.75) is 56.9 Å². The van der Waals surface area contributed by atoms with E-state index < -0.39 is 6.43 Å². The average molecular weight is 267 g/mol. The normalized spacial score (nSPS) is 29.9. The van der Waals surface area contributed by atoms with Gasteiger partial charge in [-0.2, -0.15) is 0 Å². The highest BCUT2D eigenvalue weighted by molar-refractivity contribution is 5.27. The summed E-state index contributed by atoms with van der Waals surface area (Å²) in [5.74, 6) is 0. The fourth-order valence-corrected chi connectivity index (χ4v) is 3.23. The molecule has 2 nitrogen and oxygen atoms in total. The van der Waals surface area contributed by atoms with Gasteiger partial charge in [-0.15, -0.1) is 0 Å². The van der Waals surface area contributed by atoms with Crippen LogP contribution in [0.1, 0.15) is 43.2 Å². The van der Waals surface area contributed by atoms with Gasteiger partial charge in [0.2, 0.25) is 0 Å². The van der Waals surface area contributed by atoms with Crippen LogP contribution in [-0.4, -0.2) is 18.2 Å². The summed E-state index contributed by atoms with van der Waals surface area (Å²) in [5.41, 5.74) is 0.711. The van der Waals surface area contributed by atoms with Crippen molar-refractivity contribution in [1.82, 2.24) is 5.32 Å². The van der Waals surface area contributed by atoms with Gasteiger partial charge in [0, 0.05) is 17.6 Å². The summed E-state index contributed by atoms with van der Waals surface area (Å²) in [7, 11) is 0. The fraction of sp³-hybridized carbons (Fsp3) is 0.600. The Balaban J connectivity index is 1.60. The van der Waals surface area contributed by atoms with Gasteiger partial charge < -0.3 is 10.1 Å². The second kappa shape index (κ2) is 5.55. The van der Waals surface area contributed by atoms with E-state index in [-0.39, 0.29) is 11.7 Å². The minimum absolute atomic E-state index is 0.0967. The quantitative estimate of drug-likeness (QED) is 0.902. The molecule has 1 N–H and O–H groups in total. The zero-order valence-electron chi connectivity index (χ0n) is 10.8.